The van der Waals surface area contributed by atoms with Crippen LogP contribution in [0.2, 0.25) is 5.02 Å². The van der Waals surface area contributed by atoms with Crippen molar-refractivity contribution >= 4 is 23.2 Å². The summed E-state index contributed by atoms with van der Waals surface area (Å²) in [5.74, 6) is 0.411. The maximum Gasteiger partial charge on any atom is 0.250 e. The van der Waals surface area contributed by atoms with Crippen molar-refractivity contribution < 1.29 is 4.79 Å². The largest absolute Gasteiger partial charge is 0.378 e. The number of aryl methyl sites for hydroxylation is 1. The summed E-state index contributed by atoms with van der Waals surface area (Å²) in [4.78, 5) is 15.5. The van der Waals surface area contributed by atoms with Crippen molar-refractivity contribution in [2.75, 3.05) is 5.32 Å². The average Bonchev–Trinajstić information content (AvgIpc) is 2.85. The molecule has 5 nitrogen and oxygen atoms in total. The molecule has 3 N–H and O–H groups in total. The summed E-state index contributed by atoms with van der Waals surface area (Å²) >= 11 is 5.91. The second-order valence-corrected chi connectivity index (χ2v) is 4.86. The maximum atomic E-state index is 11.2. The summed E-state index contributed by atoms with van der Waals surface area (Å²) in [6, 6.07) is 5.11. The number of halogens is 1. The smallest absolute Gasteiger partial charge is 0.250 e. The zero-order chi connectivity index (χ0) is 14.5. The summed E-state index contributed by atoms with van der Waals surface area (Å²) in [5, 5.41) is 3.58. The molecule has 106 valence electrons. The van der Waals surface area contributed by atoms with Crippen LogP contribution < -0.4 is 11.1 Å². The summed E-state index contributed by atoms with van der Waals surface area (Å²) in [6.45, 7) is 3.63. The van der Waals surface area contributed by atoms with Gasteiger partial charge in [-0.05, 0) is 24.6 Å². The number of anilines is 1. The van der Waals surface area contributed by atoms with Crippen LogP contribution in [-0.4, -0.2) is 15.5 Å². The highest BCUT2D eigenvalue weighted by molar-refractivity contribution is 6.33. The first kappa shape index (κ1) is 14.4. The number of benzene rings is 1. The summed E-state index contributed by atoms with van der Waals surface area (Å²) in [5.41, 5.74) is 6.37. The number of nitrogens with zero attached hydrogens (tertiary/aromatic N) is 2. The highest BCUT2D eigenvalue weighted by Gasteiger charge is 2.08. The second-order valence-electron chi connectivity index (χ2n) is 4.45. The van der Waals surface area contributed by atoms with Gasteiger partial charge in [0.15, 0.2) is 0 Å². The molecule has 0 aliphatic carbocycles. The van der Waals surface area contributed by atoms with E-state index in [1.165, 1.54) is 0 Å². The SMILES string of the molecule is CCCn1ccnc1CNc1ccc(Cl)c(C(N)=O)c1. The Morgan fingerprint density at radius 2 is 2.30 bits per heavy atom. The van der Waals surface area contributed by atoms with Gasteiger partial charge in [-0.15, -0.1) is 0 Å². The van der Waals surface area contributed by atoms with Crippen LogP contribution in [0.3, 0.4) is 0 Å². The van der Waals surface area contributed by atoms with E-state index in [2.05, 4.69) is 21.8 Å². The monoisotopic (exact) mass is 292 g/mol. The van der Waals surface area contributed by atoms with Crippen LogP contribution in [0.25, 0.3) is 0 Å². The molecular formula is C14H17ClN4O. The van der Waals surface area contributed by atoms with Crippen molar-refractivity contribution in [1.29, 1.82) is 0 Å². The third-order valence-corrected chi connectivity index (χ3v) is 3.28. The molecule has 0 aliphatic rings. The van der Waals surface area contributed by atoms with Gasteiger partial charge in [0.05, 0.1) is 17.1 Å². The van der Waals surface area contributed by atoms with E-state index in [-0.39, 0.29) is 0 Å². The number of primary amides is 1. The van der Waals surface area contributed by atoms with Crippen molar-refractivity contribution in [2.24, 2.45) is 5.73 Å². The van der Waals surface area contributed by atoms with Crippen LogP contribution in [0.5, 0.6) is 0 Å². The molecule has 0 aliphatic heterocycles. The number of hydrogen-bond acceptors (Lipinski definition) is 3. The van der Waals surface area contributed by atoms with Crippen molar-refractivity contribution in [3.05, 3.63) is 47.0 Å². The molecule has 0 spiro atoms. The molecule has 1 amide bonds. The number of imidazole rings is 1. The standard InChI is InChI=1S/C14H17ClN4O/c1-2-6-19-7-5-17-13(19)9-18-10-3-4-12(15)11(8-10)14(16)20/h3-5,7-8,18H,2,6,9H2,1H3,(H2,16,20). The maximum absolute atomic E-state index is 11.2. The van der Waals surface area contributed by atoms with Gasteiger partial charge in [-0.1, -0.05) is 18.5 Å². The number of carbonyl (C=O) groups excluding carboxylic acids is 1. The van der Waals surface area contributed by atoms with E-state index in [4.69, 9.17) is 17.3 Å². The number of rotatable bonds is 6. The molecule has 6 heteroatoms. The van der Waals surface area contributed by atoms with Gasteiger partial charge in [0, 0.05) is 24.6 Å². The molecule has 2 aromatic rings. The molecule has 0 saturated heterocycles. The number of nitrogens with one attached hydrogen (secondary N) is 1. The van der Waals surface area contributed by atoms with E-state index >= 15 is 0 Å². The van der Waals surface area contributed by atoms with Gasteiger partial charge in [0.1, 0.15) is 5.82 Å². The molecule has 1 aromatic heterocycles. The molecule has 0 radical (unpaired) electrons. The molecule has 0 fully saturated rings. The first-order valence-electron chi connectivity index (χ1n) is 6.45. The third kappa shape index (κ3) is 3.30. The fourth-order valence-electron chi connectivity index (χ4n) is 1.96. The molecule has 20 heavy (non-hydrogen) atoms. The Balaban J connectivity index is 2.09. The second kappa shape index (κ2) is 6.43. The normalized spacial score (nSPS) is 10.5. The van der Waals surface area contributed by atoms with E-state index in [0.717, 1.165) is 24.5 Å². The highest BCUT2D eigenvalue weighted by atomic mass is 35.5. The summed E-state index contributed by atoms with van der Waals surface area (Å²) < 4.78 is 2.10. The Hall–Kier alpha value is -2.01. The van der Waals surface area contributed by atoms with Gasteiger partial charge in [-0.2, -0.15) is 0 Å². The number of aromatic nitrogens is 2. The lowest BCUT2D eigenvalue weighted by Gasteiger charge is -2.10. The number of nitrogens with two attached hydrogens (primary N) is 1. The van der Waals surface area contributed by atoms with Crippen LogP contribution in [0.1, 0.15) is 29.5 Å². The van der Waals surface area contributed by atoms with Crippen LogP contribution in [-0.2, 0) is 13.1 Å². The number of hydrogen-bond donors (Lipinski definition) is 2. The van der Waals surface area contributed by atoms with Gasteiger partial charge in [0.25, 0.3) is 0 Å². The highest BCUT2D eigenvalue weighted by Crippen LogP contribution is 2.20. The topological polar surface area (TPSA) is 72.9 Å². The molecule has 1 aromatic carbocycles. The van der Waals surface area contributed by atoms with Crippen molar-refractivity contribution in [1.82, 2.24) is 9.55 Å². The predicted octanol–water partition coefficient (Wildman–Crippen LogP) is 2.66. The first-order chi connectivity index (χ1) is 9.61. The Labute approximate surface area is 122 Å². The minimum Gasteiger partial charge on any atom is -0.378 e. The van der Waals surface area contributed by atoms with E-state index in [9.17, 15) is 4.79 Å². The third-order valence-electron chi connectivity index (χ3n) is 2.95. The number of amides is 1. The van der Waals surface area contributed by atoms with Crippen molar-refractivity contribution in [2.45, 2.75) is 26.4 Å². The Morgan fingerprint density at radius 3 is 3.00 bits per heavy atom. The fraction of sp³-hybridized carbons (Fsp3) is 0.286. The molecule has 0 saturated carbocycles. The van der Waals surface area contributed by atoms with Gasteiger partial charge >= 0.3 is 0 Å². The van der Waals surface area contributed by atoms with Gasteiger partial charge in [-0.25, -0.2) is 4.98 Å². The fourth-order valence-corrected chi connectivity index (χ4v) is 2.17. The van der Waals surface area contributed by atoms with E-state index in [1.807, 2.05) is 12.3 Å². The minimum absolute atomic E-state index is 0.313. The quantitative estimate of drug-likeness (QED) is 0.859. The lowest BCUT2D eigenvalue weighted by atomic mass is 10.2. The zero-order valence-electron chi connectivity index (χ0n) is 11.3. The molecule has 0 bridgehead atoms. The Morgan fingerprint density at radius 1 is 1.50 bits per heavy atom. The zero-order valence-corrected chi connectivity index (χ0v) is 12.0. The minimum atomic E-state index is -0.536. The average molecular weight is 293 g/mol. The molecule has 2 rings (SSSR count). The molecule has 0 atom stereocenters. The van der Waals surface area contributed by atoms with Crippen LogP contribution in [0.15, 0.2) is 30.6 Å². The van der Waals surface area contributed by atoms with Crippen molar-refractivity contribution in [3.63, 3.8) is 0 Å². The lowest BCUT2D eigenvalue weighted by molar-refractivity contribution is 0.100. The van der Waals surface area contributed by atoms with Crippen LogP contribution in [0.4, 0.5) is 5.69 Å². The predicted molar refractivity (Wildman–Crippen MR) is 79.8 cm³/mol. The molecule has 1 heterocycles. The lowest BCUT2D eigenvalue weighted by Crippen LogP contribution is -2.13. The molecule has 0 unspecified atom stereocenters. The Kier molecular flexibility index (Phi) is 4.63. The van der Waals surface area contributed by atoms with E-state index < -0.39 is 5.91 Å². The van der Waals surface area contributed by atoms with E-state index in [0.29, 0.717) is 17.1 Å². The first-order valence-corrected chi connectivity index (χ1v) is 6.83. The summed E-state index contributed by atoms with van der Waals surface area (Å²) in [7, 11) is 0. The Bertz CT molecular complexity index is 609. The van der Waals surface area contributed by atoms with Gasteiger partial charge < -0.3 is 15.6 Å². The van der Waals surface area contributed by atoms with Crippen LogP contribution >= 0.6 is 11.6 Å². The summed E-state index contributed by atoms with van der Waals surface area (Å²) in [6.07, 6.45) is 4.79. The van der Waals surface area contributed by atoms with Gasteiger partial charge in [0.2, 0.25) is 5.91 Å². The van der Waals surface area contributed by atoms with Gasteiger partial charge in [-0.3, -0.25) is 4.79 Å². The van der Waals surface area contributed by atoms with Crippen molar-refractivity contribution in [3.8, 4) is 0 Å². The molecular weight excluding hydrogens is 276 g/mol. The number of carbonyl (C=O) groups is 1. The van der Waals surface area contributed by atoms with E-state index in [1.54, 1.807) is 18.3 Å². The van der Waals surface area contributed by atoms with Crippen LogP contribution in [0, 0.1) is 0 Å².